The minimum Gasteiger partial charge on any atom is -0.496 e. The number of aromatic nitrogens is 1. The molecule has 3 nitrogen and oxygen atoms in total. The summed E-state index contributed by atoms with van der Waals surface area (Å²) < 4.78 is 29.6. The molecular weight excluding hydrogens is 258 g/mol. The van der Waals surface area contributed by atoms with E-state index in [0.717, 1.165) is 0 Å². The van der Waals surface area contributed by atoms with Crippen molar-refractivity contribution >= 4 is 15.9 Å². The molecule has 0 aliphatic carbocycles. The molecule has 1 aromatic heterocycles. The molecule has 0 aliphatic heterocycles. The number of methoxy groups -OCH3 is 1. The molecule has 1 aromatic rings. The monoisotopic (exact) mass is 262 g/mol. The molecule has 14 heavy (non-hydrogen) atoms. The third-order valence-electron chi connectivity index (χ3n) is 1.53. The molecule has 0 saturated heterocycles. The van der Waals surface area contributed by atoms with Gasteiger partial charge >= 0.3 is 0 Å². The largest absolute Gasteiger partial charge is 0.496 e. The van der Waals surface area contributed by atoms with Crippen LogP contribution in [0.15, 0.2) is 10.7 Å². The molecule has 1 rings (SSSR count). The summed E-state index contributed by atoms with van der Waals surface area (Å²) in [5.41, 5.74) is -0.315. The molecule has 0 N–H and O–H groups in total. The van der Waals surface area contributed by atoms with Crippen molar-refractivity contribution in [3.8, 4) is 11.8 Å². The van der Waals surface area contributed by atoms with Crippen molar-refractivity contribution in [2.75, 3.05) is 7.11 Å². The molecule has 0 aliphatic rings. The summed E-state index contributed by atoms with van der Waals surface area (Å²) in [5, 5.41) is 8.54. The third-order valence-corrected chi connectivity index (χ3v) is 2.13. The molecule has 0 bridgehead atoms. The molecule has 0 amide bonds. The molecule has 6 heteroatoms. The van der Waals surface area contributed by atoms with E-state index in [2.05, 4.69) is 20.9 Å². The summed E-state index contributed by atoms with van der Waals surface area (Å²) in [5.74, 6) is -0.0431. The van der Waals surface area contributed by atoms with Gasteiger partial charge in [-0.25, -0.2) is 13.8 Å². The Hall–Kier alpha value is -1.22. The van der Waals surface area contributed by atoms with Gasteiger partial charge in [-0.15, -0.1) is 0 Å². The van der Waals surface area contributed by atoms with Crippen molar-refractivity contribution in [3.05, 3.63) is 21.9 Å². The van der Waals surface area contributed by atoms with Crippen LogP contribution in [-0.2, 0) is 0 Å². The normalized spacial score (nSPS) is 10.0. The number of nitrogens with zero attached hydrogens (tertiary/aromatic N) is 2. The third kappa shape index (κ3) is 1.99. The first-order valence-corrected chi connectivity index (χ1v) is 4.32. The van der Waals surface area contributed by atoms with Crippen molar-refractivity contribution in [2.24, 2.45) is 0 Å². The zero-order valence-electron chi connectivity index (χ0n) is 7.09. The number of halogens is 3. The van der Waals surface area contributed by atoms with Gasteiger partial charge in [0.25, 0.3) is 6.43 Å². The second-order valence-electron chi connectivity index (χ2n) is 2.33. The lowest BCUT2D eigenvalue weighted by Crippen LogP contribution is -1.98. The first kappa shape index (κ1) is 10.9. The molecule has 74 valence electrons. The number of rotatable bonds is 2. The summed E-state index contributed by atoms with van der Waals surface area (Å²) in [6.45, 7) is 0. The van der Waals surface area contributed by atoms with Crippen LogP contribution in [0.5, 0.6) is 5.75 Å². The van der Waals surface area contributed by atoms with E-state index in [1.807, 2.05) is 0 Å². The van der Waals surface area contributed by atoms with Gasteiger partial charge in [0, 0.05) is 6.07 Å². The molecule has 0 radical (unpaired) electrons. The molecule has 0 unspecified atom stereocenters. The smallest absolute Gasteiger partial charge is 0.270 e. The number of alkyl halides is 2. The first-order valence-electron chi connectivity index (χ1n) is 3.52. The van der Waals surface area contributed by atoms with Gasteiger partial charge in [0.05, 0.1) is 12.7 Å². The number of hydrogen-bond acceptors (Lipinski definition) is 3. The summed E-state index contributed by atoms with van der Waals surface area (Å²) in [7, 11) is 1.26. The molecule has 0 atom stereocenters. The van der Waals surface area contributed by atoms with Gasteiger partial charge in [0.2, 0.25) is 0 Å². The van der Waals surface area contributed by atoms with Crippen LogP contribution in [0.4, 0.5) is 8.78 Å². The minimum atomic E-state index is -2.69. The lowest BCUT2D eigenvalue weighted by Gasteiger charge is -2.08. The molecule has 1 heterocycles. The molecule has 0 aromatic carbocycles. The molecule has 0 fully saturated rings. The number of pyridine rings is 1. The molecular formula is C8H5BrF2N2O. The van der Waals surface area contributed by atoms with Gasteiger partial charge in [-0.3, -0.25) is 0 Å². The second kappa shape index (κ2) is 4.33. The minimum absolute atomic E-state index is 0.0260. The van der Waals surface area contributed by atoms with E-state index in [4.69, 9.17) is 10.00 Å². The Kier molecular flexibility index (Phi) is 3.36. The van der Waals surface area contributed by atoms with Crippen LogP contribution in [0.3, 0.4) is 0 Å². The van der Waals surface area contributed by atoms with Crippen molar-refractivity contribution < 1.29 is 13.5 Å². The highest BCUT2D eigenvalue weighted by Gasteiger charge is 2.20. The van der Waals surface area contributed by atoms with Gasteiger partial charge in [-0.1, -0.05) is 0 Å². The maximum Gasteiger partial charge on any atom is 0.270 e. The van der Waals surface area contributed by atoms with Crippen LogP contribution < -0.4 is 4.74 Å². The van der Waals surface area contributed by atoms with Gasteiger partial charge in [0.15, 0.2) is 0 Å². The first-order chi connectivity index (χ1) is 6.60. The van der Waals surface area contributed by atoms with Crippen LogP contribution in [0.25, 0.3) is 0 Å². The number of ether oxygens (including phenoxy) is 1. The van der Waals surface area contributed by atoms with Gasteiger partial charge in [0.1, 0.15) is 22.1 Å². The van der Waals surface area contributed by atoms with Crippen LogP contribution in [0.1, 0.15) is 17.7 Å². The van der Waals surface area contributed by atoms with Gasteiger partial charge in [-0.05, 0) is 15.9 Å². The van der Waals surface area contributed by atoms with Crippen LogP contribution in [0, 0.1) is 11.3 Å². The van der Waals surface area contributed by atoms with E-state index in [-0.39, 0.29) is 21.6 Å². The highest BCUT2D eigenvalue weighted by atomic mass is 79.9. The van der Waals surface area contributed by atoms with Crippen molar-refractivity contribution in [3.63, 3.8) is 0 Å². The predicted molar refractivity (Wildman–Crippen MR) is 48.2 cm³/mol. The topological polar surface area (TPSA) is 45.9 Å². The van der Waals surface area contributed by atoms with Crippen molar-refractivity contribution in [2.45, 2.75) is 6.43 Å². The zero-order valence-corrected chi connectivity index (χ0v) is 8.68. The van der Waals surface area contributed by atoms with E-state index in [1.165, 1.54) is 13.2 Å². The van der Waals surface area contributed by atoms with E-state index in [0.29, 0.717) is 0 Å². The summed E-state index contributed by atoms with van der Waals surface area (Å²) in [6, 6.07) is 2.92. The van der Waals surface area contributed by atoms with E-state index in [9.17, 15) is 8.78 Å². The van der Waals surface area contributed by atoms with Gasteiger partial charge < -0.3 is 4.74 Å². The van der Waals surface area contributed by atoms with Crippen molar-refractivity contribution in [1.29, 1.82) is 5.26 Å². The molecule has 0 spiro atoms. The Bertz CT molecular complexity index is 390. The SMILES string of the molecule is COc1cc(C#N)nc(Br)c1C(F)F. The lowest BCUT2D eigenvalue weighted by atomic mass is 10.2. The number of hydrogen-bond donors (Lipinski definition) is 0. The Balaban J connectivity index is 3.36. The van der Waals surface area contributed by atoms with Crippen LogP contribution in [0.2, 0.25) is 0 Å². The predicted octanol–water partition coefficient (Wildman–Crippen LogP) is 2.66. The second-order valence-corrected chi connectivity index (χ2v) is 3.08. The van der Waals surface area contributed by atoms with Crippen molar-refractivity contribution in [1.82, 2.24) is 4.98 Å². The average Bonchev–Trinajstić information content (AvgIpc) is 2.15. The Morgan fingerprint density at radius 2 is 2.29 bits per heavy atom. The standard InChI is InChI=1S/C8H5BrF2N2O/c1-14-5-2-4(3-12)13-7(9)6(5)8(10)11/h2,8H,1H3. The maximum atomic E-state index is 12.5. The summed E-state index contributed by atoms with van der Waals surface area (Å²) in [6.07, 6.45) is -2.69. The van der Waals surface area contributed by atoms with Crippen LogP contribution >= 0.6 is 15.9 Å². The Morgan fingerprint density at radius 1 is 1.64 bits per heavy atom. The van der Waals surface area contributed by atoms with E-state index >= 15 is 0 Å². The molecule has 0 saturated carbocycles. The Labute approximate surface area is 87.5 Å². The Morgan fingerprint density at radius 3 is 2.71 bits per heavy atom. The quantitative estimate of drug-likeness (QED) is 0.770. The summed E-state index contributed by atoms with van der Waals surface area (Å²) >= 11 is 2.86. The maximum absolute atomic E-state index is 12.5. The highest BCUT2D eigenvalue weighted by molar-refractivity contribution is 9.10. The fourth-order valence-corrected chi connectivity index (χ4v) is 1.49. The lowest BCUT2D eigenvalue weighted by molar-refractivity contribution is 0.145. The van der Waals surface area contributed by atoms with Gasteiger partial charge in [-0.2, -0.15) is 5.26 Å². The fraction of sp³-hybridized carbons (Fsp3) is 0.250. The highest BCUT2D eigenvalue weighted by Crippen LogP contribution is 2.34. The number of nitriles is 1. The van der Waals surface area contributed by atoms with Crippen LogP contribution in [-0.4, -0.2) is 12.1 Å². The summed E-state index contributed by atoms with van der Waals surface area (Å²) in [4.78, 5) is 3.62. The van der Waals surface area contributed by atoms with E-state index in [1.54, 1.807) is 6.07 Å². The van der Waals surface area contributed by atoms with E-state index < -0.39 is 6.43 Å². The zero-order chi connectivity index (χ0) is 10.7. The average molecular weight is 263 g/mol. The fourth-order valence-electron chi connectivity index (χ4n) is 0.926.